The smallest absolute Gasteiger partial charge is 0.333 e. The van der Waals surface area contributed by atoms with Crippen molar-refractivity contribution in [3.8, 4) is 0 Å². The summed E-state index contributed by atoms with van der Waals surface area (Å²) in [5, 5.41) is 0. The average molecular weight is 499 g/mol. The van der Waals surface area contributed by atoms with Crippen molar-refractivity contribution >= 4 is 11.9 Å². The number of carbonyl (C=O) groups excluding carboxylic acids is 2. The molecule has 0 bridgehead atoms. The largest absolute Gasteiger partial charge is 0.458 e. The van der Waals surface area contributed by atoms with Crippen LogP contribution in [0.3, 0.4) is 0 Å². The molecule has 8 heteroatoms. The van der Waals surface area contributed by atoms with Gasteiger partial charge in [-0.25, -0.2) is 19.6 Å². The van der Waals surface area contributed by atoms with Crippen molar-refractivity contribution < 1.29 is 27.9 Å². The number of hydrogen-bond donors (Lipinski definition) is 0. The Balaban J connectivity index is 1.87. The lowest BCUT2D eigenvalue weighted by molar-refractivity contribution is -0.147. The zero-order chi connectivity index (χ0) is 26.2. The molecule has 3 rings (SSSR count). The van der Waals surface area contributed by atoms with E-state index in [9.17, 15) is 9.59 Å². The molecule has 0 saturated heterocycles. The molecule has 196 valence electrons. The average Bonchev–Trinajstić information content (AvgIpc) is 3.51. The number of aromatic nitrogens is 2. The van der Waals surface area contributed by atoms with Crippen LogP contribution in [-0.2, 0) is 31.9 Å². The van der Waals surface area contributed by atoms with Gasteiger partial charge in [-0.2, -0.15) is 0 Å². The molecule has 6 atom stereocenters. The number of oxazole rings is 2. The van der Waals surface area contributed by atoms with Gasteiger partial charge in [0.25, 0.3) is 0 Å². The standard InChI is InChI=1S/C28H38N2O6/c1-17-7-19(3)25(11-23-13-29-15-33-23)35-28(32)22(6)10-18(2)8-20(4)26(12-24-14-30-16-34-24)36-27(31)21(5)9-17/h9-10,13-20,25-26H,7-8,11-12H2,1-6H3/b21-9-,22-10+/t17-,18+,19-,20-,25-,26-/m0/s1. The molecule has 36 heavy (non-hydrogen) atoms. The lowest BCUT2D eigenvalue weighted by Crippen LogP contribution is -2.30. The third kappa shape index (κ3) is 7.93. The van der Waals surface area contributed by atoms with Crippen molar-refractivity contribution in [1.29, 1.82) is 0 Å². The van der Waals surface area contributed by atoms with Crippen molar-refractivity contribution in [1.82, 2.24) is 9.97 Å². The van der Waals surface area contributed by atoms with Gasteiger partial charge in [0, 0.05) is 24.0 Å². The molecule has 2 aromatic rings. The SMILES string of the molecule is C/C1=C/[C@@H](C)C[C@H](C)[C@H](Cc2cnco2)OC(=O)/C(C)=C/[C@H](C)C[C@H](C)[C@H](Cc2cnco2)OC1=O. The first-order valence-corrected chi connectivity index (χ1v) is 12.7. The molecule has 0 radical (unpaired) electrons. The Kier molecular flexibility index (Phi) is 9.67. The molecule has 3 heterocycles. The second-order valence-electron chi connectivity index (χ2n) is 10.3. The number of esters is 2. The normalized spacial score (nSPS) is 32.1. The number of carbonyl (C=O) groups is 2. The molecule has 2 aromatic heterocycles. The van der Waals surface area contributed by atoms with Crippen LogP contribution in [0.25, 0.3) is 0 Å². The summed E-state index contributed by atoms with van der Waals surface area (Å²) in [6.07, 6.45) is 11.4. The fourth-order valence-corrected chi connectivity index (χ4v) is 4.86. The lowest BCUT2D eigenvalue weighted by Gasteiger charge is -2.27. The predicted molar refractivity (Wildman–Crippen MR) is 134 cm³/mol. The van der Waals surface area contributed by atoms with Crippen LogP contribution in [0.2, 0.25) is 0 Å². The number of cyclic esters (lactones) is 2. The highest BCUT2D eigenvalue weighted by Gasteiger charge is 2.28. The first-order valence-electron chi connectivity index (χ1n) is 12.7. The van der Waals surface area contributed by atoms with E-state index >= 15 is 0 Å². The molecule has 0 unspecified atom stereocenters. The third-order valence-corrected chi connectivity index (χ3v) is 6.76. The van der Waals surface area contributed by atoms with Gasteiger partial charge in [-0.05, 0) is 50.4 Å². The topological polar surface area (TPSA) is 105 Å². The summed E-state index contributed by atoms with van der Waals surface area (Å²) in [6.45, 7) is 11.8. The maximum atomic E-state index is 13.0. The third-order valence-electron chi connectivity index (χ3n) is 6.76. The molecule has 0 spiro atoms. The Morgan fingerprint density at radius 3 is 1.44 bits per heavy atom. The van der Waals surface area contributed by atoms with Crippen LogP contribution in [0, 0.1) is 23.7 Å². The summed E-state index contributed by atoms with van der Waals surface area (Å²) in [6, 6.07) is 0. The number of nitrogens with zero attached hydrogens (tertiary/aromatic N) is 2. The minimum atomic E-state index is -0.384. The summed E-state index contributed by atoms with van der Waals surface area (Å²) < 4.78 is 22.8. The van der Waals surface area contributed by atoms with Crippen LogP contribution < -0.4 is 0 Å². The Morgan fingerprint density at radius 1 is 0.722 bits per heavy atom. The highest BCUT2D eigenvalue weighted by molar-refractivity contribution is 5.88. The molecular weight excluding hydrogens is 460 g/mol. The van der Waals surface area contributed by atoms with Crippen LogP contribution >= 0.6 is 0 Å². The fourth-order valence-electron chi connectivity index (χ4n) is 4.86. The van der Waals surface area contributed by atoms with Crippen molar-refractivity contribution in [3.05, 3.63) is 60.0 Å². The molecule has 0 fully saturated rings. The molecule has 0 amide bonds. The Labute approximate surface area is 213 Å². The minimum absolute atomic E-state index is 0.0199. The highest BCUT2D eigenvalue weighted by Crippen LogP contribution is 2.27. The minimum Gasteiger partial charge on any atom is -0.458 e. The van der Waals surface area contributed by atoms with E-state index in [0.717, 1.165) is 0 Å². The van der Waals surface area contributed by atoms with E-state index in [0.29, 0.717) is 48.3 Å². The van der Waals surface area contributed by atoms with Crippen molar-refractivity contribution in [2.24, 2.45) is 23.7 Å². The van der Waals surface area contributed by atoms with E-state index in [1.807, 2.05) is 39.8 Å². The molecular formula is C28H38N2O6. The molecule has 1 aliphatic rings. The van der Waals surface area contributed by atoms with Gasteiger partial charge in [-0.3, -0.25) is 0 Å². The highest BCUT2D eigenvalue weighted by atomic mass is 16.5. The van der Waals surface area contributed by atoms with E-state index in [1.54, 1.807) is 26.2 Å². The predicted octanol–water partition coefficient (Wildman–Crippen LogP) is 5.50. The van der Waals surface area contributed by atoms with Gasteiger partial charge in [0.2, 0.25) is 0 Å². The van der Waals surface area contributed by atoms with Crippen LogP contribution in [0.5, 0.6) is 0 Å². The van der Waals surface area contributed by atoms with Gasteiger partial charge in [-0.15, -0.1) is 0 Å². The van der Waals surface area contributed by atoms with Gasteiger partial charge < -0.3 is 18.3 Å². The molecule has 0 aromatic carbocycles. The Bertz CT molecular complexity index is 956. The zero-order valence-corrected chi connectivity index (χ0v) is 22.1. The summed E-state index contributed by atoms with van der Waals surface area (Å²) in [7, 11) is 0. The number of allylic oxidation sites excluding steroid dienone is 2. The summed E-state index contributed by atoms with van der Waals surface area (Å²) in [5.74, 6) is 0.843. The monoisotopic (exact) mass is 498 g/mol. The Morgan fingerprint density at radius 2 is 1.11 bits per heavy atom. The van der Waals surface area contributed by atoms with E-state index < -0.39 is 0 Å². The maximum absolute atomic E-state index is 13.0. The van der Waals surface area contributed by atoms with Crippen molar-refractivity contribution in [2.45, 2.75) is 79.4 Å². The van der Waals surface area contributed by atoms with Crippen LogP contribution in [0.1, 0.15) is 65.9 Å². The lowest BCUT2D eigenvalue weighted by atomic mass is 9.88. The van der Waals surface area contributed by atoms with Crippen LogP contribution in [0.4, 0.5) is 0 Å². The van der Waals surface area contributed by atoms with Gasteiger partial charge >= 0.3 is 11.9 Å². The summed E-state index contributed by atoms with van der Waals surface area (Å²) >= 11 is 0. The molecule has 1 aliphatic heterocycles. The molecule has 8 nitrogen and oxygen atoms in total. The van der Waals surface area contributed by atoms with E-state index in [2.05, 4.69) is 9.97 Å². The second kappa shape index (κ2) is 12.7. The number of rotatable bonds is 4. The van der Waals surface area contributed by atoms with Gasteiger partial charge in [0.1, 0.15) is 23.7 Å². The van der Waals surface area contributed by atoms with Gasteiger partial charge in [0.15, 0.2) is 12.8 Å². The van der Waals surface area contributed by atoms with E-state index in [1.165, 1.54) is 12.8 Å². The van der Waals surface area contributed by atoms with Crippen LogP contribution in [0.15, 0.2) is 57.3 Å². The summed E-state index contributed by atoms with van der Waals surface area (Å²) in [4.78, 5) is 34.0. The second-order valence-corrected chi connectivity index (χ2v) is 10.3. The number of ether oxygens (including phenoxy) is 2. The zero-order valence-electron chi connectivity index (χ0n) is 22.1. The summed E-state index contributed by atoms with van der Waals surface area (Å²) in [5.41, 5.74) is 1.12. The maximum Gasteiger partial charge on any atom is 0.333 e. The quantitative estimate of drug-likeness (QED) is 0.509. The first-order chi connectivity index (χ1) is 17.1. The fraction of sp³-hybridized carbons (Fsp3) is 0.571. The molecule has 0 N–H and O–H groups in total. The first kappa shape index (κ1) is 27.4. The Hall–Kier alpha value is -3.16. The van der Waals surface area contributed by atoms with E-state index in [-0.39, 0.29) is 47.8 Å². The van der Waals surface area contributed by atoms with Gasteiger partial charge in [-0.1, -0.05) is 39.8 Å². The molecule has 0 saturated carbocycles. The van der Waals surface area contributed by atoms with Crippen molar-refractivity contribution in [2.75, 3.05) is 0 Å². The van der Waals surface area contributed by atoms with Gasteiger partial charge in [0.05, 0.1) is 12.4 Å². The van der Waals surface area contributed by atoms with Crippen LogP contribution in [-0.4, -0.2) is 34.1 Å². The van der Waals surface area contributed by atoms with Crippen molar-refractivity contribution in [3.63, 3.8) is 0 Å². The molecule has 0 aliphatic carbocycles. The number of hydrogen-bond acceptors (Lipinski definition) is 8. The van der Waals surface area contributed by atoms with E-state index in [4.69, 9.17) is 18.3 Å².